The van der Waals surface area contributed by atoms with E-state index in [9.17, 15) is 18.4 Å². The molecule has 1 saturated heterocycles. The second kappa shape index (κ2) is 9.05. The van der Waals surface area contributed by atoms with E-state index in [4.69, 9.17) is 0 Å². The number of hydrogen-bond donors (Lipinski definition) is 0. The second-order valence-electron chi connectivity index (χ2n) is 7.22. The molecule has 1 aliphatic rings. The fourth-order valence-electron chi connectivity index (χ4n) is 3.66. The van der Waals surface area contributed by atoms with Gasteiger partial charge in [0.25, 0.3) is 5.91 Å². The zero-order chi connectivity index (χ0) is 22.0. The summed E-state index contributed by atoms with van der Waals surface area (Å²) in [6, 6.07) is 11.0. The molecule has 1 aromatic heterocycles. The van der Waals surface area contributed by atoms with E-state index in [0.29, 0.717) is 26.2 Å². The number of nitrogens with zero attached hydrogens (tertiary/aromatic N) is 4. The van der Waals surface area contributed by atoms with Crippen LogP contribution in [0.2, 0.25) is 0 Å². The number of carbonyl (C=O) groups is 2. The quantitative estimate of drug-likeness (QED) is 0.566. The molecular weight excluding hydrogens is 422 g/mol. The smallest absolute Gasteiger partial charge is 0.254 e. The first-order chi connectivity index (χ1) is 15.0. The van der Waals surface area contributed by atoms with Crippen LogP contribution in [0, 0.1) is 11.6 Å². The Labute approximate surface area is 182 Å². The van der Waals surface area contributed by atoms with Crippen LogP contribution < -0.4 is 0 Å². The molecule has 162 valence electrons. The number of carbonyl (C=O) groups excluding carboxylic acids is 2. The molecule has 4 rings (SSSR count). The van der Waals surface area contributed by atoms with Crippen molar-refractivity contribution in [2.24, 2.45) is 0 Å². The van der Waals surface area contributed by atoms with Gasteiger partial charge in [-0.15, -0.1) is 0 Å². The molecule has 2 amide bonds. The molecule has 0 spiro atoms. The summed E-state index contributed by atoms with van der Waals surface area (Å²) in [6.45, 7) is 4.31. The molecule has 0 saturated carbocycles. The predicted octanol–water partition coefficient (Wildman–Crippen LogP) is 3.41. The molecular formula is C22H22F2N4O2S. The van der Waals surface area contributed by atoms with E-state index in [1.807, 2.05) is 31.2 Å². The number of imidazole rings is 1. The van der Waals surface area contributed by atoms with Crippen molar-refractivity contribution in [2.75, 3.05) is 31.9 Å². The normalized spacial score (nSPS) is 14.3. The van der Waals surface area contributed by atoms with Crippen LogP contribution in [0.5, 0.6) is 0 Å². The molecule has 3 aromatic rings. The van der Waals surface area contributed by atoms with Crippen LogP contribution in [0.3, 0.4) is 0 Å². The Morgan fingerprint density at radius 2 is 1.71 bits per heavy atom. The van der Waals surface area contributed by atoms with Gasteiger partial charge < -0.3 is 14.4 Å². The number of halogens is 2. The maximum atomic E-state index is 13.4. The van der Waals surface area contributed by atoms with E-state index >= 15 is 0 Å². The van der Waals surface area contributed by atoms with E-state index in [2.05, 4.69) is 9.55 Å². The number of fused-ring (bicyclic) bond motifs is 1. The first-order valence-corrected chi connectivity index (χ1v) is 11.1. The molecule has 0 aliphatic carbocycles. The molecule has 1 aliphatic heterocycles. The summed E-state index contributed by atoms with van der Waals surface area (Å²) in [6.07, 6.45) is 0. The summed E-state index contributed by atoms with van der Waals surface area (Å²) in [5.74, 6) is -2.15. The standard InChI is InChI=1S/C22H22F2N4O2S/c1-2-28-19-6-4-3-5-18(19)25-22(28)31-14-20(29)26-9-11-27(12-10-26)21(30)15-7-8-16(23)17(24)13-15/h3-8,13H,2,9-12,14H2,1H3. The van der Waals surface area contributed by atoms with Gasteiger partial charge in [0.1, 0.15) is 0 Å². The molecule has 2 aromatic carbocycles. The molecule has 0 bridgehead atoms. The van der Waals surface area contributed by atoms with Crippen LogP contribution >= 0.6 is 11.8 Å². The van der Waals surface area contributed by atoms with Gasteiger partial charge >= 0.3 is 0 Å². The van der Waals surface area contributed by atoms with Gasteiger partial charge in [-0.2, -0.15) is 0 Å². The summed E-state index contributed by atoms with van der Waals surface area (Å²) in [5, 5.41) is 0.809. The number of para-hydroxylation sites is 2. The number of aromatic nitrogens is 2. The third-order valence-corrected chi connectivity index (χ3v) is 6.31. The van der Waals surface area contributed by atoms with Crippen LogP contribution in [-0.2, 0) is 11.3 Å². The SMILES string of the molecule is CCn1c(SCC(=O)N2CCN(C(=O)c3ccc(F)c(F)c3)CC2)nc2ccccc21. The van der Waals surface area contributed by atoms with E-state index in [1.54, 1.807) is 9.80 Å². The highest BCUT2D eigenvalue weighted by Crippen LogP contribution is 2.24. The van der Waals surface area contributed by atoms with Crippen LogP contribution in [0.1, 0.15) is 17.3 Å². The van der Waals surface area contributed by atoms with Crippen molar-refractivity contribution in [1.29, 1.82) is 0 Å². The van der Waals surface area contributed by atoms with Gasteiger partial charge in [-0.25, -0.2) is 13.8 Å². The molecule has 31 heavy (non-hydrogen) atoms. The van der Waals surface area contributed by atoms with Crippen molar-refractivity contribution >= 4 is 34.6 Å². The monoisotopic (exact) mass is 444 g/mol. The van der Waals surface area contributed by atoms with Crippen LogP contribution in [0.15, 0.2) is 47.6 Å². The third kappa shape index (κ3) is 4.41. The molecule has 9 heteroatoms. The van der Waals surface area contributed by atoms with Gasteiger partial charge in [-0.3, -0.25) is 9.59 Å². The minimum absolute atomic E-state index is 0.0142. The minimum atomic E-state index is -1.05. The van der Waals surface area contributed by atoms with E-state index in [1.165, 1.54) is 17.8 Å². The van der Waals surface area contributed by atoms with Gasteiger partial charge in [0.15, 0.2) is 16.8 Å². The maximum absolute atomic E-state index is 13.4. The van der Waals surface area contributed by atoms with Gasteiger partial charge in [-0.1, -0.05) is 23.9 Å². The van der Waals surface area contributed by atoms with Crippen molar-refractivity contribution in [3.05, 3.63) is 59.7 Å². The first-order valence-electron chi connectivity index (χ1n) is 10.1. The third-order valence-electron chi connectivity index (χ3n) is 5.35. The molecule has 0 atom stereocenters. The Hall–Kier alpha value is -2.94. The van der Waals surface area contributed by atoms with Crippen molar-refractivity contribution in [1.82, 2.24) is 19.4 Å². The number of amides is 2. The Morgan fingerprint density at radius 1 is 1.00 bits per heavy atom. The Morgan fingerprint density at radius 3 is 2.42 bits per heavy atom. The van der Waals surface area contributed by atoms with Crippen molar-refractivity contribution in [3.8, 4) is 0 Å². The average molecular weight is 445 g/mol. The zero-order valence-corrected chi connectivity index (χ0v) is 17.9. The minimum Gasteiger partial charge on any atom is -0.338 e. The molecule has 2 heterocycles. The van der Waals surface area contributed by atoms with Crippen LogP contribution in [0.25, 0.3) is 11.0 Å². The fourth-order valence-corrected chi connectivity index (χ4v) is 4.64. The van der Waals surface area contributed by atoms with Gasteiger partial charge in [0, 0.05) is 38.3 Å². The number of hydrogen-bond acceptors (Lipinski definition) is 4. The summed E-state index contributed by atoms with van der Waals surface area (Å²) in [7, 11) is 0. The van der Waals surface area contributed by atoms with Crippen molar-refractivity contribution in [3.63, 3.8) is 0 Å². The number of piperazine rings is 1. The number of rotatable bonds is 5. The number of benzene rings is 2. The van der Waals surface area contributed by atoms with Crippen molar-refractivity contribution < 1.29 is 18.4 Å². The topological polar surface area (TPSA) is 58.4 Å². The van der Waals surface area contributed by atoms with Gasteiger partial charge in [0.2, 0.25) is 5.91 Å². The van der Waals surface area contributed by atoms with E-state index in [0.717, 1.165) is 34.9 Å². The Bertz CT molecular complexity index is 1130. The average Bonchev–Trinajstić information content (AvgIpc) is 3.16. The summed E-state index contributed by atoms with van der Waals surface area (Å²) >= 11 is 1.41. The highest BCUT2D eigenvalue weighted by molar-refractivity contribution is 7.99. The number of thioether (sulfide) groups is 1. The highest BCUT2D eigenvalue weighted by Gasteiger charge is 2.25. The first kappa shape index (κ1) is 21.3. The van der Waals surface area contributed by atoms with E-state index in [-0.39, 0.29) is 23.1 Å². The Kier molecular flexibility index (Phi) is 6.22. The molecule has 6 nitrogen and oxygen atoms in total. The van der Waals surface area contributed by atoms with Crippen molar-refractivity contribution in [2.45, 2.75) is 18.6 Å². The van der Waals surface area contributed by atoms with Gasteiger partial charge in [-0.05, 0) is 37.3 Å². The summed E-state index contributed by atoms with van der Waals surface area (Å²) in [4.78, 5) is 33.1. The molecule has 1 fully saturated rings. The van der Waals surface area contributed by atoms with Crippen LogP contribution in [-0.4, -0.2) is 63.1 Å². The lowest BCUT2D eigenvalue weighted by Gasteiger charge is -2.34. The lowest BCUT2D eigenvalue weighted by molar-refractivity contribution is -0.129. The molecule has 0 N–H and O–H groups in total. The second-order valence-corrected chi connectivity index (χ2v) is 8.16. The summed E-state index contributed by atoms with van der Waals surface area (Å²) in [5.41, 5.74) is 2.06. The maximum Gasteiger partial charge on any atom is 0.254 e. The Balaban J connectivity index is 1.33. The van der Waals surface area contributed by atoms with Gasteiger partial charge in [0.05, 0.1) is 16.8 Å². The predicted molar refractivity (Wildman–Crippen MR) is 115 cm³/mol. The summed E-state index contributed by atoms with van der Waals surface area (Å²) < 4.78 is 28.6. The zero-order valence-electron chi connectivity index (χ0n) is 17.1. The number of aryl methyl sites for hydroxylation is 1. The lowest BCUT2D eigenvalue weighted by Crippen LogP contribution is -2.51. The molecule has 0 radical (unpaired) electrons. The van der Waals surface area contributed by atoms with Crippen LogP contribution in [0.4, 0.5) is 8.78 Å². The lowest BCUT2D eigenvalue weighted by atomic mass is 10.1. The molecule has 0 unspecified atom stereocenters. The van der Waals surface area contributed by atoms with E-state index < -0.39 is 11.6 Å². The fraction of sp³-hybridized carbons (Fsp3) is 0.318. The highest BCUT2D eigenvalue weighted by atomic mass is 32.2. The largest absolute Gasteiger partial charge is 0.338 e.